The number of anilines is 1. The van der Waals surface area contributed by atoms with Crippen LogP contribution in [0.4, 0.5) is 11.4 Å². The van der Waals surface area contributed by atoms with E-state index in [1.165, 1.54) is 48.4 Å². The van der Waals surface area contributed by atoms with Gasteiger partial charge in [-0.15, -0.1) is 0 Å². The van der Waals surface area contributed by atoms with Crippen LogP contribution < -0.4 is 14.4 Å². The van der Waals surface area contributed by atoms with Crippen LogP contribution in [0.1, 0.15) is 19.4 Å². The van der Waals surface area contributed by atoms with E-state index in [4.69, 9.17) is 4.74 Å². The maximum absolute atomic E-state index is 13.8. The highest BCUT2D eigenvalue weighted by atomic mass is 32.2. The van der Waals surface area contributed by atoms with Gasteiger partial charge in [0.2, 0.25) is 11.8 Å². The van der Waals surface area contributed by atoms with Crippen LogP contribution in [0.5, 0.6) is 5.75 Å². The summed E-state index contributed by atoms with van der Waals surface area (Å²) in [5.74, 6) is -0.485. The van der Waals surface area contributed by atoms with Crippen LogP contribution in [0.2, 0.25) is 0 Å². The van der Waals surface area contributed by atoms with Crippen molar-refractivity contribution in [1.82, 2.24) is 10.2 Å². The lowest BCUT2D eigenvalue weighted by atomic mass is 10.1. The monoisotopic (exact) mass is 554 g/mol. The van der Waals surface area contributed by atoms with Crippen molar-refractivity contribution in [2.24, 2.45) is 0 Å². The van der Waals surface area contributed by atoms with Gasteiger partial charge in [0, 0.05) is 25.2 Å². The number of carbonyl (C=O) groups is 2. The number of amides is 2. The molecule has 12 heteroatoms. The van der Waals surface area contributed by atoms with E-state index in [9.17, 15) is 28.1 Å². The van der Waals surface area contributed by atoms with E-state index < -0.39 is 39.3 Å². The number of hydrogen-bond acceptors (Lipinski definition) is 7. The predicted octanol–water partition coefficient (Wildman–Crippen LogP) is 3.35. The zero-order valence-electron chi connectivity index (χ0n) is 21.8. The number of nitro benzene ring substituents is 1. The third kappa shape index (κ3) is 7.11. The summed E-state index contributed by atoms with van der Waals surface area (Å²) in [5.41, 5.74) is 0.503. The Labute approximate surface area is 227 Å². The van der Waals surface area contributed by atoms with E-state index in [0.29, 0.717) is 17.9 Å². The number of rotatable bonds is 12. The summed E-state index contributed by atoms with van der Waals surface area (Å²) in [4.78, 5) is 38.3. The average Bonchev–Trinajstić information content (AvgIpc) is 2.94. The molecule has 0 unspecified atom stereocenters. The Morgan fingerprint density at radius 3 is 2.28 bits per heavy atom. The van der Waals surface area contributed by atoms with Crippen LogP contribution in [-0.2, 0) is 26.2 Å². The molecule has 0 aromatic heterocycles. The van der Waals surface area contributed by atoms with Crippen molar-refractivity contribution >= 4 is 33.2 Å². The first-order valence-corrected chi connectivity index (χ1v) is 13.5. The first-order valence-electron chi connectivity index (χ1n) is 12.1. The normalized spacial score (nSPS) is 11.8. The molecule has 0 aliphatic heterocycles. The van der Waals surface area contributed by atoms with Crippen LogP contribution in [0, 0.1) is 10.1 Å². The van der Waals surface area contributed by atoms with Gasteiger partial charge in [0.05, 0.1) is 22.6 Å². The minimum atomic E-state index is -4.26. The summed E-state index contributed by atoms with van der Waals surface area (Å²) < 4.78 is 33.5. The number of methoxy groups -OCH3 is 1. The standard InChI is InChI=1S/C27H30N4O7S/c1-4-28-27(33)20(2)29(18-21-9-8-10-24(17-21)38-3)26(32)19-30(22-13-15-23(16-14-22)31(34)35)39(36,37)25-11-6-5-7-12-25/h5-17,20H,4,18-19H2,1-3H3,(H,28,33)/t20-/m0/s1. The number of nitrogens with one attached hydrogen (secondary N) is 1. The second kappa shape index (κ2) is 12.9. The van der Waals surface area contributed by atoms with E-state index in [-0.39, 0.29) is 22.8 Å². The Hall–Kier alpha value is -4.45. The summed E-state index contributed by atoms with van der Waals surface area (Å²) in [5, 5.41) is 13.8. The fraction of sp³-hybridized carbons (Fsp3) is 0.259. The maximum Gasteiger partial charge on any atom is 0.269 e. The zero-order chi connectivity index (χ0) is 28.6. The van der Waals surface area contributed by atoms with Gasteiger partial charge in [-0.25, -0.2) is 8.42 Å². The van der Waals surface area contributed by atoms with Crippen molar-refractivity contribution in [2.45, 2.75) is 31.3 Å². The second-order valence-electron chi connectivity index (χ2n) is 8.54. The number of hydrogen-bond donors (Lipinski definition) is 1. The van der Waals surface area contributed by atoms with Crippen LogP contribution in [0.3, 0.4) is 0 Å². The third-order valence-electron chi connectivity index (χ3n) is 5.96. The molecule has 0 fully saturated rings. The van der Waals surface area contributed by atoms with Gasteiger partial charge in [0.1, 0.15) is 18.3 Å². The molecule has 3 aromatic carbocycles. The number of nitro groups is 1. The van der Waals surface area contributed by atoms with Gasteiger partial charge < -0.3 is 15.0 Å². The lowest BCUT2D eigenvalue weighted by Gasteiger charge is -2.32. The van der Waals surface area contributed by atoms with Crippen molar-refractivity contribution < 1.29 is 27.7 Å². The van der Waals surface area contributed by atoms with E-state index in [1.807, 2.05) is 0 Å². The molecule has 1 N–H and O–H groups in total. The number of likely N-dealkylation sites (N-methyl/N-ethyl adjacent to an activating group) is 1. The van der Waals surface area contributed by atoms with E-state index >= 15 is 0 Å². The van der Waals surface area contributed by atoms with Gasteiger partial charge in [-0.05, 0) is 55.8 Å². The van der Waals surface area contributed by atoms with Gasteiger partial charge in [-0.2, -0.15) is 0 Å². The fourth-order valence-electron chi connectivity index (χ4n) is 3.86. The van der Waals surface area contributed by atoms with Gasteiger partial charge in [0.15, 0.2) is 0 Å². The minimum Gasteiger partial charge on any atom is -0.497 e. The molecule has 0 radical (unpaired) electrons. The molecule has 0 saturated carbocycles. The van der Waals surface area contributed by atoms with Gasteiger partial charge in [-0.3, -0.25) is 24.0 Å². The first-order chi connectivity index (χ1) is 18.6. The summed E-state index contributed by atoms with van der Waals surface area (Å²) >= 11 is 0. The third-order valence-corrected chi connectivity index (χ3v) is 7.75. The number of carbonyl (C=O) groups excluding carboxylic acids is 2. The fourth-order valence-corrected chi connectivity index (χ4v) is 5.30. The lowest BCUT2D eigenvalue weighted by Crippen LogP contribution is -2.51. The highest BCUT2D eigenvalue weighted by Crippen LogP contribution is 2.26. The molecule has 206 valence electrons. The van der Waals surface area contributed by atoms with E-state index in [2.05, 4.69) is 5.32 Å². The molecule has 3 rings (SSSR count). The summed E-state index contributed by atoms with van der Waals surface area (Å²) in [6.45, 7) is 3.02. The van der Waals surface area contributed by atoms with Crippen LogP contribution in [0.25, 0.3) is 0 Å². The number of benzene rings is 3. The number of sulfonamides is 1. The number of ether oxygens (including phenoxy) is 1. The Kier molecular flexibility index (Phi) is 9.61. The molecule has 0 bridgehead atoms. The minimum absolute atomic E-state index is 0.00776. The van der Waals surface area contributed by atoms with Gasteiger partial charge >= 0.3 is 0 Å². The summed E-state index contributed by atoms with van der Waals surface area (Å²) in [7, 11) is -2.75. The van der Waals surface area contributed by atoms with Crippen LogP contribution in [-0.4, -0.2) is 56.3 Å². The molecule has 0 aliphatic rings. The molecule has 0 saturated heterocycles. The highest BCUT2D eigenvalue weighted by molar-refractivity contribution is 7.92. The molecule has 2 amide bonds. The number of nitrogens with zero attached hydrogens (tertiary/aromatic N) is 3. The molecular formula is C27H30N4O7S. The molecule has 39 heavy (non-hydrogen) atoms. The lowest BCUT2D eigenvalue weighted by molar-refractivity contribution is -0.384. The molecule has 0 heterocycles. The molecule has 0 spiro atoms. The first kappa shape index (κ1) is 29.1. The summed E-state index contributed by atoms with van der Waals surface area (Å²) in [6, 6.07) is 18.5. The van der Waals surface area contributed by atoms with Crippen molar-refractivity contribution in [2.75, 3.05) is 24.5 Å². The molecule has 1 atom stereocenters. The Morgan fingerprint density at radius 2 is 1.69 bits per heavy atom. The van der Waals surface area contributed by atoms with E-state index in [1.54, 1.807) is 56.3 Å². The molecular weight excluding hydrogens is 524 g/mol. The Balaban J connectivity index is 2.04. The SMILES string of the molecule is CCNC(=O)[C@H](C)N(Cc1cccc(OC)c1)C(=O)CN(c1ccc([N+](=O)[O-])cc1)S(=O)(=O)c1ccccc1. The smallest absolute Gasteiger partial charge is 0.269 e. The topological polar surface area (TPSA) is 139 Å². The Morgan fingerprint density at radius 1 is 1.03 bits per heavy atom. The van der Waals surface area contributed by atoms with Gasteiger partial charge in [-0.1, -0.05) is 30.3 Å². The number of non-ortho nitro benzene ring substituents is 1. The van der Waals surface area contributed by atoms with Crippen molar-refractivity contribution in [1.29, 1.82) is 0 Å². The van der Waals surface area contributed by atoms with Crippen molar-refractivity contribution in [3.63, 3.8) is 0 Å². The van der Waals surface area contributed by atoms with Gasteiger partial charge in [0.25, 0.3) is 15.7 Å². The Bertz CT molecular complexity index is 1410. The molecule has 3 aromatic rings. The second-order valence-corrected chi connectivity index (χ2v) is 10.4. The van der Waals surface area contributed by atoms with Crippen molar-refractivity contribution in [3.05, 3.63) is 94.5 Å². The predicted molar refractivity (Wildman–Crippen MR) is 146 cm³/mol. The van der Waals surface area contributed by atoms with Crippen molar-refractivity contribution in [3.8, 4) is 5.75 Å². The van der Waals surface area contributed by atoms with E-state index in [0.717, 1.165) is 4.31 Å². The zero-order valence-corrected chi connectivity index (χ0v) is 22.6. The highest BCUT2D eigenvalue weighted by Gasteiger charge is 2.32. The largest absolute Gasteiger partial charge is 0.497 e. The molecule has 11 nitrogen and oxygen atoms in total. The average molecular weight is 555 g/mol. The van der Waals surface area contributed by atoms with Crippen LogP contribution in [0.15, 0.2) is 83.8 Å². The quantitative estimate of drug-likeness (QED) is 0.268. The molecule has 0 aliphatic carbocycles. The summed E-state index contributed by atoms with van der Waals surface area (Å²) in [6.07, 6.45) is 0. The van der Waals surface area contributed by atoms with Crippen LogP contribution >= 0.6 is 0 Å². The maximum atomic E-state index is 13.8.